The molecule has 0 heterocycles. The van der Waals surface area contributed by atoms with E-state index in [4.69, 9.17) is 11.2 Å². The summed E-state index contributed by atoms with van der Waals surface area (Å²) >= 11 is 0. The van der Waals surface area contributed by atoms with Gasteiger partial charge in [-0.05, 0) is 62.8 Å². The molecule has 142 valence electrons. The van der Waals surface area contributed by atoms with Gasteiger partial charge in [-0.2, -0.15) is 0 Å². The summed E-state index contributed by atoms with van der Waals surface area (Å²) in [4.78, 5) is 0. The Morgan fingerprint density at radius 3 is 2.50 bits per heavy atom. The number of rotatable bonds is 15. The highest BCUT2D eigenvalue weighted by Crippen LogP contribution is 2.09. The van der Waals surface area contributed by atoms with E-state index in [2.05, 4.69) is 47.6 Å². The fraction of sp³-hybridized carbons (Fsp3) is 0.500. The Morgan fingerprint density at radius 2 is 1.77 bits per heavy atom. The summed E-state index contributed by atoms with van der Waals surface area (Å²) in [7, 11) is 0. The van der Waals surface area contributed by atoms with Crippen LogP contribution in [0.2, 0.25) is 0 Å². The minimum atomic E-state index is 0.859. The third-order valence-electron chi connectivity index (χ3n) is 4.22. The molecule has 0 spiro atoms. The molecule has 0 saturated heterocycles. The van der Waals surface area contributed by atoms with Gasteiger partial charge in [-0.15, -0.1) is 6.42 Å². The lowest BCUT2D eigenvalue weighted by atomic mass is 10.1. The summed E-state index contributed by atoms with van der Waals surface area (Å²) < 4.78 is 5.73. The summed E-state index contributed by atoms with van der Waals surface area (Å²) in [5.41, 5.74) is 2.59. The van der Waals surface area contributed by atoms with Gasteiger partial charge in [0, 0.05) is 19.8 Å². The molecule has 0 unspecified atom stereocenters. The SMILES string of the molecule is C#CC=C(C=CC)CCCCOCCCCCCNCc1ccccc1. The maximum absolute atomic E-state index is 5.73. The lowest BCUT2D eigenvalue weighted by Gasteiger charge is -2.06. The molecule has 0 aliphatic heterocycles. The Morgan fingerprint density at radius 1 is 1.04 bits per heavy atom. The molecule has 0 bridgehead atoms. The lowest BCUT2D eigenvalue weighted by Crippen LogP contribution is -2.14. The van der Waals surface area contributed by atoms with E-state index in [9.17, 15) is 0 Å². The largest absolute Gasteiger partial charge is 0.381 e. The van der Waals surface area contributed by atoms with Crippen LogP contribution in [-0.2, 0) is 11.3 Å². The van der Waals surface area contributed by atoms with E-state index in [1.165, 1.54) is 36.8 Å². The molecule has 0 aliphatic carbocycles. The molecule has 0 radical (unpaired) electrons. The van der Waals surface area contributed by atoms with E-state index < -0.39 is 0 Å². The van der Waals surface area contributed by atoms with E-state index in [0.717, 1.165) is 45.6 Å². The number of hydrogen-bond acceptors (Lipinski definition) is 2. The second kappa shape index (κ2) is 16.6. The first-order valence-electron chi connectivity index (χ1n) is 9.97. The van der Waals surface area contributed by atoms with Crippen molar-refractivity contribution in [2.45, 2.75) is 58.4 Å². The van der Waals surface area contributed by atoms with E-state index in [-0.39, 0.29) is 0 Å². The standard InChI is InChI=1S/C24H35NO/c1-3-14-23(15-4-2)16-10-13-21-26-20-12-6-5-11-19-25-22-24-17-8-7-9-18-24/h1,4,7-9,14-15,17-18,25H,5-6,10-13,16,19-22H2,2H3. The van der Waals surface area contributed by atoms with Crippen LogP contribution >= 0.6 is 0 Å². The molecular formula is C24H35NO. The van der Waals surface area contributed by atoms with Crippen LogP contribution in [0.25, 0.3) is 0 Å². The van der Waals surface area contributed by atoms with Crippen LogP contribution < -0.4 is 5.32 Å². The smallest absolute Gasteiger partial charge is 0.0466 e. The molecule has 0 atom stereocenters. The fourth-order valence-electron chi connectivity index (χ4n) is 2.80. The van der Waals surface area contributed by atoms with Gasteiger partial charge in [-0.25, -0.2) is 0 Å². The molecule has 2 heteroatoms. The highest BCUT2D eigenvalue weighted by atomic mass is 16.5. The molecule has 1 rings (SSSR count). The van der Waals surface area contributed by atoms with Gasteiger partial charge in [0.15, 0.2) is 0 Å². The normalized spacial score (nSPS) is 11.8. The van der Waals surface area contributed by atoms with Crippen LogP contribution in [0.5, 0.6) is 0 Å². The third kappa shape index (κ3) is 12.5. The number of hydrogen-bond donors (Lipinski definition) is 1. The minimum Gasteiger partial charge on any atom is -0.381 e. The second-order valence-electron chi connectivity index (χ2n) is 6.53. The second-order valence-corrected chi connectivity index (χ2v) is 6.53. The molecule has 0 aromatic heterocycles. The maximum Gasteiger partial charge on any atom is 0.0466 e. The number of nitrogens with one attached hydrogen (secondary N) is 1. The Labute approximate surface area is 160 Å². The molecule has 1 N–H and O–H groups in total. The van der Waals surface area contributed by atoms with Crippen LogP contribution in [0.4, 0.5) is 0 Å². The van der Waals surface area contributed by atoms with Crippen LogP contribution in [0.1, 0.15) is 57.4 Å². The van der Waals surface area contributed by atoms with Gasteiger partial charge < -0.3 is 10.1 Å². The monoisotopic (exact) mass is 353 g/mol. The van der Waals surface area contributed by atoms with Crippen molar-refractivity contribution >= 4 is 0 Å². The van der Waals surface area contributed by atoms with Gasteiger partial charge in [-0.3, -0.25) is 0 Å². The molecule has 0 fully saturated rings. The van der Waals surface area contributed by atoms with Gasteiger partial charge in [0.2, 0.25) is 0 Å². The van der Waals surface area contributed by atoms with E-state index in [0.29, 0.717) is 0 Å². The van der Waals surface area contributed by atoms with Crippen molar-refractivity contribution in [3.8, 4) is 12.3 Å². The zero-order chi connectivity index (χ0) is 18.7. The molecule has 1 aromatic carbocycles. The average molecular weight is 354 g/mol. The van der Waals surface area contributed by atoms with E-state index in [1.54, 1.807) is 0 Å². The van der Waals surface area contributed by atoms with Gasteiger partial charge in [0.25, 0.3) is 0 Å². The first kappa shape index (κ1) is 22.2. The Bertz CT molecular complexity index is 539. The molecule has 0 aliphatic rings. The highest BCUT2D eigenvalue weighted by molar-refractivity contribution is 5.26. The summed E-state index contributed by atoms with van der Waals surface area (Å²) in [6.07, 6.45) is 19.5. The van der Waals surface area contributed by atoms with Gasteiger partial charge >= 0.3 is 0 Å². The van der Waals surface area contributed by atoms with Crippen LogP contribution in [0.3, 0.4) is 0 Å². The van der Waals surface area contributed by atoms with Crippen molar-refractivity contribution < 1.29 is 4.74 Å². The molecular weight excluding hydrogens is 318 g/mol. The Hall–Kier alpha value is -1.82. The van der Waals surface area contributed by atoms with Crippen molar-refractivity contribution in [3.05, 3.63) is 59.7 Å². The average Bonchev–Trinajstić information content (AvgIpc) is 2.66. The predicted octanol–water partition coefficient (Wildman–Crippen LogP) is 5.66. The zero-order valence-corrected chi connectivity index (χ0v) is 16.4. The fourth-order valence-corrected chi connectivity index (χ4v) is 2.80. The highest BCUT2D eigenvalue weighted by Gasteiger charge is 1.95. The summed E-state index contributed by atoms with van der Waals surface area (Å²) in [5.74, 6) is 2.61. The maximum atomic E-state index is 5.73. The minimum absolute atomic E-state index is 0.859. The quantitative estimate of drug-likeness (QED) is 0.249. The molecule has 2 nitrogen and oxygen atoms in total. The van der Waals surface area contributed by atoms with Gasteiger partial charge in [0.05, 0.1) is 0 Å². The lowest BCUT2D eigenvalue weighted by molar-refractivity contribution is 0.126. The third-order valence-corrected chi connectivity index (χ3v) is 4.22. The van der Waals surface area contributed by atoms with Crippen molar-refractivity contribution in [2.75, 3.05) is 19.8 Å². The van der Waals surface area contributed by atoms with Crippen molar-refractivity contribution in [1.29, 1.82) is 0 Å². The number of unbranched alkanes of at least 4 members (excludes halogenated alkanes) is 4. The Kier molecular flexibility index (Phi) is 14.2. The summed E-state index contributed by atoms with van der Waals surface area (Å²) in [5, 5.41) is 3.50. The molecule has 0 saturated carbocycles. The number of benzene rings is 1. The van der Waals surface area contributed by atoms with Crippen LogP contribution in [0.15, 0.2) is 54.1 Å². The van der Waals surface area contributed by atoms with Gasteiger partial charge in [0.1, 0.15) is 0 Å². The summed E-state index contributed by atoms with van der Waals surface area (Å²) in [6.45, 7) is 5.83. The summed E-state index contributed by atoms with van der Waals surface area (Å²) in [6, 6.07) is 10.6. The predicted molar refractivity (Wildman–Crippen MR) is 113 cm³/mol. The first-order chi connectivity index (χ1) is 12.9. The molecule has 0 amide bonds. The number of ether oxygens (including phenoxy) is 1. The van der Waals surface area contributed by atoms with Crippen molar-refractivity contribution in [1.82, 2.24) is 5.32 Å². The molecule has 26 heavy (non-hydrogen) atoms. The first-order valence-corrected chi connectivity index (χ1v) is 9.97. The van der Waals surface area contributed by atoms with Crippen molar-refractivity contribution in [2.24, 2.45) is 0 Å². The van der Waals surface area contributed by atoms with Crippen LogP contribution in [-0.4, -0.2) is 19.8 Å². The molecule has 1 aromatic rings. The number of terminal acetylenes is 1. The van der Waals surface area contributed by atoms with Gasteiger partial charge in [-0.1, -0.05) is 61.2 Å². The zero-order valence-electron chi connectivity index (χ0n) is 16.4. The topological polar surface area (TPSA) is 21.3 Å². The van der Waals surface area contributed by atoms with Crippen molar-refractivity contribution in [3.63, 3.8) is 0 Å². The van der Waals surface area contributed by atoms with E-state index >= 15 is 0 Å². The Balaban J connectivity index is 1.83. The van der Waals surface area contributed by atoms with E-state index in [1.807, 2.05) is 19.1 Å². The number of allylic oxidation sites excluding steroid dienone is 4. The van der Waals surface area contributed by atoms with Crippen LogP contribution in [0, 0.1) is 12.3 Å².